The van der Waals surface area contributed by atoms with E-state index in [0.29, 0.717) is 11.3 Å². The number of hydrogen-bond acceptors (Lipinski definition) is 14. The van der Waals surface area contributed by atoms with Crippen molar-refractivity contribution < 1.29 is 51.6 Å². The molecule has 17 heteroatoms. The minimum absolute atomic E-state index is 0.0720. The van der Waals surface area contributed by atoms with Crippen molar-refractivity contribution in [3.8, 4) is 11.8 Å². The molecule has 2 unspecified atom stereocenters. The van der Waals surface area contributed by atoms with Gasteiger partial charge in [0.25, 0.3) is 0 Å². The number of hydrogen-bond donors (Lipinski definition) is 1. The Morgan fingerprint density at radius 2 is 1.83 bits per heavy atom. The number of esters is 2. The monoisotopic (exact) mass is 774 g/mol. The molecule has 0 radical (unpaired) electrons. The normalized spacial score (nSPS) is 23.6. The summed E-state index contributed by atoms with van der Waals surface area (Å²) in [7, 11) is -4.13. The summed E-state index contributed by atoms with van der Waals surface area (Å²) in [6.07, 6.45) is 2.85. The van der Waals surface area contributed by atoms with Crippen LogP contribution in [0.4, 0.5) is 5.69 Å². The average Bonchev–Trinajstić information content (AvgIpc) is 3.89. The smallest absolute Gasteiger partial charge is 0.405 e. The highest BCUT2D eigenvalue weighted by atomic mass is 35.5. The third-order valence-corrected chi connectivity index (χ3v) is 10.7. The van der Waals surface area contributed by atoms with Crippen LogP contribution in [0.2, 0.25) is 5.15 Å². The Morgan fingerprint density at radius 1 is 1.11 bits per heavy atom. The second kappa shape index (κ2) is 15.9. The molecule has 0 spiro atoms. The van der Waals surface area contributed by atoms with E-state index in [0.717, 1.165) is 31.1 Å². The summed E-state index contributed by atoms with van der Waals surface area (Å²) in [6.45, 7) is 7.07. The number of anilines is 1. The van der Waals surface area contributed by atoms with Crippen LogP contribution < -0.4 is 9.84 Å². The van der Waals surface area contributed by atoms with Crippen molar-refractivity contribution in [1.82, 2.24) is 9.55 Å². The van der Waals surface area contributed by atoms with Crippen LogP contribution in [0, 0.1) is 16.7 Å². The summed E-state index contributed by atoms with van der Waals surface area (Å²) in [6, 6.07) is 12.6. The van der Waals surface area contributed by atoms with E-state index < -0.39 is 75.0 Å². The summed E-state index contributed by atoms with van der Waals surface area (Å²) in [4.78, 5) is 29.0. The molecule has 286 valence electrons. The number of para-hydroxylation sites is 1. The standard InChI is InChI=1S/C36H44ClN4O11P/c1-35(2,3)34(43)47-20-46-27(42)19-48-53(44,52-23-13-7-6-8-14-23)21-45-18-26-29-30(51-36(4,5)50-29)33(49-26)41-16-15-24-28(39-22-11-9-10-12-22)25(17-38)31(37)40-32(24)41/h6-8,13-16,22,26,29-30,33H,9-12,18-21H2,1-5H3,(H,39,40)/t26-,29-,30-,33?,53?/m1/s1. The predicted octanol–water partition coefficient (Wildman–Crippen LogP) is 6.69. The third-order valence-electron chi connectivity index (χ3n) is 8.95. The quantitative estimate of drug-likeness (QED) is 0.0793. The number of pyridine rings is 1. The van der Waals surface area contributed by atoms with Gasteiger partial charge in [-0.1, -0.05) is 42.6 Å². The van der Waals surface area contributed by atoms with Crippen molar-refractivity contribution in [2.24, 2.45) is 5.41 Å². The van der Waals surface area contributed by atoms with Crippen LogP contribution in [0.25, 0.3) is 11.0 Å². The Labute approximate surface area is 312 Å². The Hall–Kier alpha value is -3.74. The van der Waals surface area contributed by atoms with Gasteiger partial charge in [-0.25, -0.2) is 14.3 Å². The molecule has 1 saturated carbocycles. The number of ether oxygens (including phenoxy) is 6. The van der Waals surface area contributed by atoms with Crippen LogP contribution in [0.3, 0.4) is 0 Å². The Balaban J connectivity index is 1.16. The lowest BCUT2D eigenvalue weighted by atomic mass is 9.98. The molecule has 2 aliphatic heterocycles. The summed E-state index contributed by atoms with van der Waals surface area (Å²) in [5.41, 5.74) is 0.632. The van der Waals surface area contributed by atoms with Crippen LogP contribution in [0.5, 0.6) is 5.75 Å². The maximum absolute atomic E-state index is 13.9. The first-order chi connectivity index (χ1) is 25.2. The number of halogens is 1. The number of carbonyl (C=O) groups is 2. The number of nitriles is 1. The van der Waals surface area contributed by atoms with Crippen molar-refractivity contribution in [3.05, 3.63) is 53.3 Å². The minimum Gasteiger partial charge on any atom is -0.427 e. The van der Waals surface area contributed by atoms with Gasteiger partial charge in [0, 0.05) is 17.6 Å². The number of carbonyl (C=O) groups excluding carboxylic acids is 2. The molecule has 1 aromatic carbocycles. The lowest BCUT2D eigenvalue weighted by molar-refractivity contribution is -0.201. The van der Waals surface area contributed by atoms with Gasteiger partial charge < -0.3 is 42.8 Å². The zero-order chi connectivity index (χ0) is 38.0. The molecule has 1 aliphatic carbocycles. The van der Waals surface area contributed by atoms with Gasteiger partial charge in [-0.15, -0.1) is 0 Å². The van der Waals surface area contributed by atoms with Gasteiger partial charge >= 0.3 is 19.5 Å². The predicted molar refractivity (Wildman–Crippen MR) is 191 cm³/mol. The van der Waals surface area contributed by atoms with Crippen LogP contribution in [-0.2, 0) is 47.1 Å². The van der Waals surface area contributed by atoms with E-state index in [1.54, 1.807) is 65.0 Å². The fraction of sp³-hybridized carbons (Fsp3) is 0.556. The number of aromatic nitrogens is 2. The molecule has 1 N–H and O–H groups in total. The van der Waals surface area contributed by atoms with E-state index in [1.807, 2.05) is 16.8 Å². The Kier molecular flexibility index (Phi) is 11.7. The molecule has 5 atom stereocenters. The van der Waals surface area contributed by atoms with E-state index in [4.69, 9.17) is 49.1 Å². The molecule has 6 rings (SSSR count). The maximum Gasteiger partial charge on any atom is 0.405 e. The molecule has 53 heavy (non-hydrogen) atoms. The molecule has 3 aromatic rings. The highest BCUT2D eigenvalue weighted by Crippen LogP contribution is 2.49. The van der Waals surface area contributed by atoms with Gasteiger partial charge in [0.05, 0.1) is 17.7 Å². The lowest BCUT2D eigenvalue weighted by Crippen LogP contribution is -2.33. The van der Waals surface area contributed by atoms with E-state index in [1.165, 1.54) is 0 Å². The number of nitrogens with one attached hydrogen (secondary N) is 1. The zero-order valence-corrected chi connectivity index (χ0v) is 31.9. The van der Waals surface area contributed by atoms with Crippen molar-refractivity contribution in [1.29, 1.82) is 5.26 Å². The summed E-state index contributed by atoms with van der Waals surface area (Å²) < 4.78 is 61.8. The fourth-order valence-electron chi connectivity index (χ4n) is 6.46. The van der Waals surface area contributed by atoms with Gasteiger partial charge in [0.2, 0.25) is 6.79 Å². The molecule has 3 aliphatic rings. The molecule has 15 nitrogen and oxygen atoms in total. The Morgan fingerprint density at radius 3 is 2.53 bits per heavy atom. The molecule has 3 fully saturated rings. The topological polar surface area (TPSA) is 179 Å². The van der Waals surface area contributed by atoms with E-state index >= 15 is 0 Å². The number of benzene rings is 1. The van der Waals surface area contributed by atoms with Crippen molar-refractivity contribution in [3.63, 3.8) is 0 Å². The van der Waals surface area contributed by atoms with Gasteiger partial charge in [-0.3, -0.25) is 9.32 Å². The third kappa shape index (κ3) is 9.15. The maximum atomic E-state index is 13.9. The largest absolute Gasteiger partial charge is 0.427 e. The lowest BCUT2D eigenvalue weighted by Gasteiger charge is -2.25. The highest BCUT2D eigenvalue weighted by Gasteiger charge is 2.56. The van der Waals surface area contributed by atoms with Gasteiger partial charge in [0.15, 0.2) is 30.1 Å². The molecule has 2 aromatic heterocycles. The van der Waals surface area contributed by atoms with E-state index in [9.17, 15) is 19.4 Å². The first-order valence-electron chi connectivity index (χ1n) is 17.4. The molecule has 2 saturated heterocycles. The van der Waals surface area contributed by atoms with Crippen LogP contribution in [0.1, 0.15) is 72.1 Å². The molecule has 4 heterocycles. The minimum atomic E-state index is -4.13. The Bertz CT molecular complexity index is 1890. The van der Waals surface area contributed by atoms with Crippen LogP contribution in [-0.4, -0.2) is 78.0 Å². The van der Waals surface area contributed by atoms with Crippen molar-refractivity contribution in [2.45, 2.75) is 96.7 Å². The van der Waals surface area contributed by atoms with Gasteiger partial charge in [-0.05, 0) is 65.7 Å². The molecular weight excluding hydrogens is 731 g/mol. The number of nitrogens with zero attached hydrogens (tertiary/aromatic N) is 3. The summed E-state index contributed by atoms with van der Waals surface area (Å²) >= 11 is 6.58. The van der Waals surface area contributed by atoms with Gasteiger partial charge in [0.1, 0.15) is 41.3 Å². The van der Waals surface area contributed by atoms with Crippen LogP contribution >= 0.6 is 19.2 Å². The second-order valence-electron chi connectivity index (χ2n) is 14.6. The van der Waals surface area contributed by atoms with Crippen LogP contribution in [0.15, 0.2) is 42.6 Å². The van der Waals surface area contributed by atoms with Crippen molar-refractivity contribution in [2.75, 3.05) is 31.7 Å². The second-order valence-corrected chi connectivity index (χ2v) is 16.9. The fourth-order valence-corrected chi connectivity index (χ4v) is 7.93. The summed E-state index contributed by atoms with van der Waals surface area (Å²) in [5.74, 6) is -2.22. The molecule has 0 amide bonds. The molecular formula is C36H44ClN4O11P. The molecule has 0 bridgehead atoms. The number of fused-ring (bicyclic) bond motifs is 2. The first kappa shape index (κ1) is 39.0. The summed E-state index contributed by atoms with van der Waals surface area (Å²) in [5, 5.41) is 14.3. The zero-order valence-electron chi connectivity index (χ0n) is 30.2. The average molecular weight is 775 g/mol. The SMILES string of the molecule is CC1(C)O[C@@H]2[C@@H](COCP(=O)(OCC(=O)OCOC(=O)C(C)(C)C)Oc3ccccc3)OC(n3ccc4c(NC5CCCC5)c(C#N)c(Cl)nc43)[C@@H]2O1. The van der Waals surface area contributed by atoms with E-state index in [2.05, 4.69) is 16.4 Å². The van der Waals surface area contributed by atoms with Crippen molar-refractivity contribution >= 4 is 47.9 Å². The van der Waals surface area contributed by atoms with E-state index in [-0.39, 0.29) is 29.1 Å². The van der Waals surface area contributed by atoms with Gasteiger partial charge in [-0.2, -0.15) is 5.26 Å². The highest BCUT2D eigenvalue weighted by molar-refractivity contribution is 7.54. The first-order valence-corrected chi connectivity index (χ1v) is 19.5. The number of rotatable bonds is 14.